The monoisotopic (exact) mass is 369 g/mol. The highest BCUT2D eigenvalue weighted by atomic mass is 16.6. The summed E-state index contributed by atoms with van der Waals surface area (Å²) >= 11 is 0. The number of benzene rings is 2. The van der Waals surface area contributed by atoms with Gasteiger partial charge in [-0.05, 0) is 31.8 Å². The van der Waals surface area contributed by atoms with Crippen LogP contribution in [0.4, 0.5) is 5.69 Å². The highest BCUT2D eigenvalue weighted by Crippen LogP contribution is 2.32. The van der Waals surface area contributed by atoms with Crippen LogP contribution in [-0.4, -0.2) is 50.6 Å². The summed E-state index contributed by atoms with van der Waals surface area (Å²) in [6, 6.07) is 14.8. The molecule has 2 aromatic rings. The summed E-state index contributed by atoms with van der Waals surface area (Å²) in [6.45, 7) is 1.27. The molecule has 0 aromatic heterocycles. The van der Waals surface area contributed by atoms with Gasteiger partial charge in [0.2, 0.25) is 0 Å². The molecule has 0 bridgehead atoms. The van der Waals surface area contributed by atoms with E-state index in [0.29, 0.717) is 36.9 Å². The Morgan fingerprint density at radius 2 is 1.70 bits per heavy atom. The number of likely N-dealkylation sites (N-methyl/N-ethyl adjacent to an activating group) is 1. The first-order valence-corrected chi connectivity index (χ1v) is 8.75. The Labute approximate surface area is 158 Å². The van der Waals surface area contributed by atoms with Gasteiger partial charge in [0.05, 0.1) is 6.04 Å². The van der Waals surface area contributed by atoms with Crippen LogP contribution in [0, 0.1) is 0 Å². The van der Waals surface area contributed by atoms with Crippen molar-refractivity contribution in [2.24, 2.45) is 0 Å². The van der Waals surface area contributed by atoms with Gasteiger partial charge in [0, 0.05) is 18.3 Å². The van der Waals surface area contributed by atoms with Crippen LogP contribution in [-0.2, 0) is 9.59 Å². The van der Waals surface area contributed by atoms with Crippen LogP contribution in [0.25, 0.3) is 0 Å². The summed E-state index contributed by atoms with van der Waals surface area (Å²) in [7, 11) is 3.86. The Balaban J connectivity index is 1.58. The zero-order chi connectivity index (χ0) is 19.2. The smallest absolute Gasteiger partial charge is 0.313 e. The molecule has 7 heteroatoms. The summed E-state index contributed by atoms with van der Waals surface area (Å²) in [5, 5.41) is 5.28. The second kappa shape index (κ2) is 8.55. The molecule has 0 unspecified atom stereocenters. The fraction of sp³-hybridized carbons (Fsp3) is 0.300. The Morgan fingerprint density at radius 3 is 2.41 bits per heavy atom. The van der Waals surface area contributed by atoms with Gasteiger partial charge >= 0.3 is 11.8 Å². The lowest BCUT2D eigenvalue weighted by Crippen LogP contribution is -2.40. The standard InChI is InChI=1S/C20H23N3O4/c1-23(2)16(14-6-4-3-5-7-14)13-21-19(24)20(25)22-15-8-9-17-18(12-15)27-11-10-26-17/h3-9,12,16H,10-11,13H2,1-2H3,(H,21,24)(H,22,25)/t16-/m1/s1. The van der Waals surface area contributed by atoms with Crippen molar-refractivity contribution in [3.05, 3.63) is 54.1 Å². The molecule has 7 nitrogen and oxygen atoms in total. The molecule has 0 fully saturated rings. The van der Waals surface area contributed by atoms with Gasteiger partial charge in [-0.1, -0.05) is 30.3 Å². The average molecular weight is 369 g/mol. The fourth-order valence-corrected chi connectivity index (χ4v) is 2.85. The molecule has 3 rings (SSSR count). The SMILES string of the molecule is CN(C)[C@H](CNC(=O)C(=O)Nc1ccc2c(c1)OCCO2)c1ccccc1. The number of carbonyl (C=O) groups is 2. The van der Waals surface area contributed by atoms with Crippen LogP contribution in [0.5, 0.6) is 11.5 Å². The number of amides is 2. The van der Waals surface area contributed by atoms with Crippen LogP contribution in [0.15, 0.2) is 48.5 Å². The summed E-state index contributed by atoms with van der Waals surface area (Å²) in [5.74, 6) is -0.235. The van der Waals surface area contributed by atoms with E-state index in [4.69, 9.17) is 9.47 Å². The van der Waals surface area contributed by atoms with Crippen molar-refractivity contribution < 1.29 is 19.1 Å². The highest BCUT2D eigenvalue weighted by molar-refractivity contribution is 6.39. The van der Waals surface area contributed by atoms with Gasteiger partial charge < -0.3 is 25.0 Å². The van der Waals surface area contributed by atoms with Gasteiger partial charge in [0.1, 0.15) is 13.2 Å². The van der Waals surface area contributed by atoms with E-state index in [1.807, 2.05) is 49.3 Å². The molecule has 142 valence electrons. The zero-order valence-electron chi connectivity index (χ0n) is 15.4. The van der Waals surface area contributed by atoms with Crippen LogP contribution in [0.2, 0.25) is 0 Å². The lowest BCUT2D eigenvalue weighted by atomic mass is 10.1. The molecule has 0 radical (unpaired) electrons. The van der Waals surface area contributed by atoms with E-state index < -0.39 is 11.8 Å². The molecule has 2 aromatic carbocycles. The molecule has 0 aliphatic carbocycles. The van der Waals surface area contributed by atoms with Crippen molar-refractivity contribution in [3.8, 4) is 11.5 Å². The average Bonchev–Trinajstić information content (AvgIpc) is 2.68. The minimum Gasteiger partial charge on any atom is -0.486 e. The maximum Gasteiger partial charge on any atom is 0.313 e. The number of carbonyl (C=O) groups excluding carboxylic acids is 2. The van der Waals surface area contributed by atoms with Crippen molar-refractivity contribution in [2.75, 3.05) is 39.2 Å². The number of nitrogens with one attached hydrogen (secondary N) is 2. The van der Waals surface area contributed by atoms with E-state index in [2.05, 4.69) is 10.6 Å². The molecule has 0 spiro atoms. The quantitative estimate of drug-likeness (QED) is 0.786. The normalized spacial score (nSPS) is 13.7. The molecule has 1 atom stereocenters. The number of fused-ring (bicyclic) bond motifs is 1. The number of ether oxygens (including phenoxy) is 2. The predicted molar refractivity (Wildman–Crippen MR) is 102 cm³/mol. The van der Waals surface area contributed by atoms with Gasteiger partial charge in [-0.3, -0.25) is 9.59 Å². The molecular weight excluding hydrogens is 346 g/mol. The van der Waals surface area contributed by atoms with Crippen LogP contribution >= 0.6 is 0 Å². The number of hydrogen-bond acceptors (Lipinski definition) is 5. The third-order valence-corrected chi connectivity index (χ3v) is 4.27. The summed E-state index contributed by atoms with van der Waals surface area (Å²) in [5.41, 5.74) is 1.54. The summed E-state index contributed by atoms with van der Waals surface area (Å²) in [6.07, 6.45) is 0. The first kappa shape index (κ1) is 18.7. The predicted octanol–water partition coefficient (Wildman–Crippen LogP) is 1.82. The van der Waals surface area contributed by atoms with Crippen molar-refractivity contribution in [3.63, 3.8) is 0 Å². The molecule has 27 heavy (non-hydrogen) atoms. The van der Waals surface area contributed by atoms with Crippen molar-refractivity contribution >= 4 is 17.5 Å². The minimum atomic E-state index is -0.725. The number of anilines is 1. The van der Waals surface area contributed by atoms with E-state index in [1.54, 1.807) is 18.2 Å². The van der Waals surface area contributed by atoms with Gasteiger partial charge in [-0.15, -0.1) is 0 Å². The van der Waals surface area contributed by atoms with E-state index in [1.165, 1.54) is 0 Å². The Bertz CT molecular complexity index is 808. The van der Waals surface area contributed by atoms with Crippen LogP contribution in [0.1, 0.15) is 11.6 Å². The molecule has 1 aliphatic rings. The lowest BCUT2D eigenvalue weighted by molar-refractivity contribution is -0.136. The first-order valence-electron chi connectivity index (χ1n) is 8.75. The molecule has 2 N–H and O–H groups in total. The first-order chi connectivity index (χ1) is 13.0. The molecular formula is C20H23N3O4. The van der Waals surface area contributed by atoms with E-state index in [0.717, 1.165) is 5.56 Å². The summed E-state index contributed by atoms with van der Waals surface area (Å²) < 4.78 is 10.9. The van der Waals surface area contributed by atoms with Crippen LogP contribution < -0.4 is 20.1 Å². The largest absolute Gasteiger partial charge is 0.486 e. The van der Waals surface area contributed by atoms with Crippen molar-refractivity contribution in [1.29, 1.82) is 0 Å². The van der Waals surface area contributed by atoms with Gasteiger partial charge in [0.25, 0.3) is 0 Å². The fourth-order valence-electron chi connectivity index (χ4n) is 2.85. The second-order valence-electron chi connectivity index (χ2n) is 6.41. The second-order valence-corrected chi connectivity index (χ2v) is 6.41. The number of nitrogens with zero attached hydrogens (tertiary/aromatic N) is 1. The molecule has 2 amide bonds. The topological polar surface area (TPSA) is 79.9 Å². The van der Waals surface area contributed by atoms with E-state index in [-0.39, 0.29) is 6.04 Å². The van der Waals surface area contributed by atoms with E-state index >= 15 is 0 Å². The Kier molecular flexibility index (Phi) is 5.93. The maximum atomic E-state index is 12.2. The molecule has 0 saturated carbocycles. The number of rotatable bonds is 5. The molecule has 1 heterocycles. The lowest BCUT2D eigenvalue weighted by Gasteiger charge is -2.25. The zero-order valence-corrected chi connectivity index (χ0v) is 15.4. The number of hydrogen-bond donors (Lipinski definition) is 2. The van der Waals surface area contributed by atoms with Crippen molar-refractivity contribution in [1.82, 2.24) is 10.2 Å². The molecule has 1 aliphatic heterocycles. The Hall–Kier alpha value is -3.06. The maximum absolute atomic E-state index is 12.2. The highest BCUT2D eigenvalue weighted by Gasteiger charge is 2.19. The van der Waals surface area contributed by atoms with Gasteiger partial charge in [-0.2, -0.15) is 0 Å². The summed E-state index contributed by atoms with van der Waals surface area (Å²) in [4.78, 5) is 26.4. The Morgan fingerprint density at radius 1 is 1.00 bits per heavy atom. The molecule has 0 saturated heterocycles. The van der Waals surface area contributed by atoms with E-state index in [9.17, 15) is 9.59 Å². The minimum absolute atomic E-state index is 0.0303. The van der Waals surface area contributed by atoms with Gasteiger partial charge in [0.15, 0.2) is 11.5 Å². The van der Waals surface area contributed by atoms with Crippen molar-refractivity contribution in [2.45, 2.75) is 6.04 Å². The van der Waals surface area contributed by atoms with Gasteiger partial charge in [-0.25, -0.2) is 0 Å². The third-order valence-electron chi connectivity index (χ3n) is 4.27. The third kappa shape index (κ3) is 4.77. The van der Waals surface area contributed by atoms with Crippen LogP contribution in [0.3, 0.4) is 0 Å².